The molecular weight excluding hydrogens is 432 g/mol. The van der Waals surface area contributed by atoms with Crippen LogP contribution < -0.4 is 10.2 Å². The summed E-state index contributed by atoms with van der Waals surface area (Å²) in [5.41, 5.74) is 2.51. The Morgan fingerprint density at radius 3 is 2.90 bits per heavy atom. The van der Waals surface area contributed by atoms with Gasteiger partial charge in [-0.3, -0.25) is 4.98 Å². The minimum atomic E-state index is -0.219. The van der Waals surface area contributed by atoms with Gasteiger partial charge in [-0.05, 0) is 67.5 Å². The average Bonchev–Trinajstić information content (AvgIpc) is 3.51. The molecule has 0 amide bonds. The highest BCUT2D eigenvalue weighted by Gasteiger charge is 2.43. The summed E-state index contributed by atoms with van der Waals surface area (Å²) in [7, 11) is 0. The van der Waals surface area contributed by atoms with Crippen molar-refractivity contribution in [2.24, 2.45) is 0 Å². The van der Waals surface area contributed by atoms with Crippen LogP contribution in [0.1, 0.15) is 36.3 Å². The molecule has 2 aliphatic heterocycles. The zero-order chi connectivity index (χ0) is 21.4. The molecule has 0 spiro atoms. The summed E-state index contributed by atoms with van der Waals surface area (Å²) in [6.07, 6.45) is 6.21. The molecule has 31 heavy (non-hydrogen) atoms. The number of pyridine rings is 1. The molecule has 0 unspecified atom stereocenters. The first-order valence-electron chi connectivity index (χ1n) is 10.4. The van der Waals surface area contributed by atoms with Gasteiger partial charge in [0.1, 0.15) is 11.8 Å². The average molecular weight is 455 g/mol. The molecule has 4 heterocycles. The van der Waals surface area contributed by atoms with E-state index in [9.17, 15) is 5.11 Å². The lowest BCUT2D eigenvalue weighted by molar-refractivity contribution is 0.0961. The van der Waals surface area contributed by atoms with Crippen LogP contribution >= 0.6 is 23.8 Å². The highest BCUT2D eigenvalue weighted by atomic mass is 35.5. The van der Waals surface area contributed by atoms with Crippen LogP contribution in [-0.4, -0.2) is 32.5 Å². The van der Waals surface area contributed by atoms with E-state index in [0.717, 1.165) is 37.4 Å². The number of thiocarbonyl (C=S) groups is 1. The maximum Gasteiger partial charge on any atom is 0.174 e. The monoisotopic (exact) mass is 454 g/mol. The number of ether oxygens (including phenoxy) is 1. The van der Waals surface area contributed by atoms with Gasteiger partial charge in [-0.2, -0.15) is 0 Å². The third-order valence-electron chi connectivity index (χ3n) is 5.89. The van der Waals surface area contributed by atoms with Crippen LogP contribution in [-0.2, 0) is 11.3 Å². The van der Waals surface area contributed by atoms with Crippen LogP contribution in [0.3, 0.4) is 0 Å². The van der Waals surface area contributed by atoms with Gasteiger partial charge in [0.2, 0.25) is 0 Å². The topological polar surface area (TPSA) is 62.5 Å². The van der Waals surface area contributed by atoms with Gasteiger partial charge in [0.05, 0.1) is 23.5 Å². The Kier molecular flexibility index (Phi) is 5.56. The molecule has 1 aromatic carbocycles. The third kappa shape index (κ3) is 3.89. The van der Waals surface area contributed by atoms with Gasteiger partial charge < -0.3 is 24.6 Å². The molecule has 2 fully saturated rings. The van der Waals surface area contributed by atoms with E-state index in [1.165, 1.54) is 0 Å². The summed E-state index contributed by atoms with van der Waals surface area (Å²) >= 11 is 12.0. The molecule has 0 radical (unpaired) electrons. The van der Waals surface area contributed by atoms with Crippen LogP contribution in [0.4, 0.5) is 5.69 Å². The van der Waals surface area contributed by atoms with Crippen molar-refractivity contribution in [3.63, 3.8) is 0 Å². The van der Waals surface area contributed by atoms with E-state index in [4.69, 9.17) is 28.6 Å². The number of aromatic nitrogens is 2. The molecule has 0 saturated carbocycles. The highest BCUT2D eigenvalue weighted by molar-refractivity contribution is 7.80. The van der Waals surface area contributed by atoms with Gasteiger partial charge in [-0.1, -0.05) is 17.7 Å². The maximum absolute atomic E-state index is 10.7. The number of nitrogens with zero attached hydrogens (tertiary/aromatic N) is 3. The Morgan fingerprint density at radius 2 is 2.13 bits per heavy atom. The Bertz CT molecular complexity index is 1080. The Morgan fingerprint density at radius 1 is 1.23 bits per heavy atom. The molecule has 6 nitrogen and oxygen atoms in total. The largest absolute Gasteiger partial charge is 0.506 e. The molecular formula is C23H23ClN4O2S. The molecule has 2 N–H and O–H groups in total. The van der Waals surface area contributed by atoms with E-state index in [2.05, 4.69) is 27.1 Å². The van der Waals surface area contributed by atoms with Crippen molar-refractivity contribution < 1.29 is 9.84 Å². The second-order valence-corrected chi connectivity index (χ2v) is 8.67. The number of anilines is 1. The molecule has 2 saturated heterocycles. The lowest BCUT2D eigenvalue weighted by atomic mass is 10.0. The van der Waals surface area contributed by atoms with E-state index in [1.807, 2.05) is 29.2 Å². The lowest BCUT2D eigenvalue weighted by Crippen LogP contribution is -2.31. The quantitative estimate of drug-likeness (QED) is 0.549. The summed E-state index contributed by atoms with van der Waals surface area (Å²) in [4.78, 5) is 6.53. The fourth-order valence-electron chi connectivity index (χ4n) is 4.47. The van der Waals surface area contributed by atoms with Gasteiger partial charge in [0, 0.05) is 36.3 Å². The SMILES string of the molecule is Oc1ccc(Cl)cc1N1C(=S)N[C@@H](c2ccccn2)[C@@H]1c1cccn1C[C@@H]1CCCO1. The Balaban J connectivity index is 1.60. The first kappa shape index (κ1) is 20.3. The molecule has 0 aliphatic carbocycles. The maximum atomic E-state index is 10.7. The van der Waals surface area contributed by atoms with E-state index in [-0.39, 0.29) is 23.9 Å². The summed E-state index contributed by atoms with van der Waals surface area (Å²) in [6, 6.07) is 14.6. The van der Waals surface area contributed by atoms with Crippen molar-refractivity contribution in [1.82, 2.24) is 14.9 Å². The minimum Gasteiger partial charge on any atom is -0.506 e. The minimum absolute atomic E-state index is 0.123. The molecule has 8 heteroatoms. The zero-order valence-corrected chi connectivity index (χ0v) is 18.4. The van der Waals surface area contributed by atoms with E-state index in [0.29, 0.717) is 15.8 Å². The first-order valence-corrected chi connectivity index (χ1v) is 11.2. The van der Waals surface area contributed by atoms with Crippen molar-refractivity contribution in [3.8, 4) is 5.75 Å². The number of nitrogens with one attached hydrogen (secondary N) is 1. The fraction of sp³-hybridized carbons (Fsp3) is 0.304. The highest BCUT2D eigenvalue weighted by Crippen LogP contribution is 2.45. The van der Waals surface area contributed by atoms with Crippen LogP contribution in [0, 0.1) is 0 Å². The van der Waals surface area contributed by atoms with E-state index >= 15 is 0 Å². The molecule has 2 aliphatic rings. The van der Waals surface area contributed by atoms with Crippen LogP contribution in [0.25, 0.3) is 0 Å². The van der Waals surface area contributed by atoms with Gasteiger partial charge >= 0.3 is 0 Å². The summed E-state index contributed by atoms with van der Waals surface area (Å²) < 4.78 is 8.10. The molecule has 2 aromatic heterocycles. The van der Waals surface area contributed by atoms with Gasteiger partial charge in [0.15, 0.2) is 5.11 Å². The number of aromatic hydroxyl groups is 1. The number of rotatable bonds is 5. The number of phenolic OH excluding ortho intramolecular Hbond substituents is 1. The lowest BCUT2D eigenvalue weighted by Gasteiger charge is -2.30. The third-order valence-corrected chi connectivity index (χ3v) is 6.44. The number of benzene rings is 1. The fourth-order valence-corrected chi connectivity index (χ4v) is 4.98. The smallest absolute Gasteiger partial charge is 0.174 e. The first-order chi connectivity index (χ1) is 15.1. The molecule has 3 atom stereocenters. The van der Waals surface area contributed by atoms with Crippen molar-refractivity contribution in [2.45, 2.75) is 37.6 Å². The van der Waals surface area contributed by atoms with Crippen LogP contribution in [0.5, 0.6) is 5.75 Å². The zero-order valence-electron chi connectivity index (χ0n) is 16.8. The molecule has 0 bridgehead atoms. The van der Waals surface area contributed by atoms with Gasteiger partial charge in [-0.15, -0.1) is 0 Å². The van der Waals surface area contributed by atoms with E-state index in [1.54, 1.807) is 24.4 Å². The predicted octanol–water partition coefficient (Wildman–Crippen LogP) is 4.60. The van der Waals surface area contributed by atoms with Crippen molar-refractivity contribution in [1.29, 1.82) is 0 Å². The number of hydrogen-bond donors (Lipinski definition) is 2. The standard InChI is InChI=1S/C23H23ClN4O2S/c24-15-8-9-20(29)19(13-15)28-22(21(26-23(28)31)17-6-1-2-10-25-17)18-7-3-11-27(18)14-16-5-4-12-30-16/h1-3,6-11,13,16,21-22,29H,4-5,12,14H2,(H,26,31)/t16-,21-,22-/m0/s1. The number of phenols is 1. The second-order valence-electron chi connectivity index (χ2n) is 7.85. The summed E-state index contributed by atoms with van der Waals surface area (Å²) in [5, 5.41) is 15.1. The number of hydrogen-bond acceptors (Lipinski definition) is 4. The van der Waals surface area contributed by atoms with Gasteiger partial charge in [-0.25, -0.2) is 0 Å². The van der Waals surface area contributed by atoms with Gasteiger partial charge in [0.25, 0.3) is 0 Å². The summed E-state index contributed by atoms with van der Waals surface area (Å²) in [5.74, 6) is 0.123. The molecule has 3 aromatic rings. The van der Waals surface area contributed by atoms with E-state index < -0.39 is 0 Å². The summed E-state index contributed by atoms with van der Waals surface area (Å²) in [6.45, 7) is 1.59. The van der Waals surface area contributed by atoms with Crippen LogP contribution in [0.2, 0.25) is 5.02 Å². The predicted molar refractivity (Wildman–Crippen MR) is 124 cm³/mol. The Hall–Kier alpha value is -2.61. The van der Waals surface area contributed by atoms with Crippen molar-refractivity contribution in [3.05, 3.63) is 77.3 Å². The van der Waals surface area contributed by atoms with Crippen LogP contribution in [0.15, 0.2) is 60.9 Å². The van der Waals surface area contributed by atoms with Crippen molar-refractivity contribution >= 4 is 34.6 Å². The molecule has 160 valence electrons. The van der Waals surface area contributed by atoms with Crippen molar-refractivity contribution in [2.75, 3.05) is 11.5 Å². The number of halogens is 1. The molecule has 5 rings (SSSR count). The second kappa shape index (κ2) is 8.49. The normalized spacial score (nSPS) is 23.3. The Labute approximate surface area is 191 Å².